The van der Waals surface area contributed by atoms with Gasteiger partial charge in [0.15, 0.2) is 0 Å². The van der Waals surface area contributed by atoms with E-state index >= 15 is 0 Å². The fourth-order valence-electron chi connectivity index (χ4n) is 3.16. The van der Waals surface area contributed by atoms with Crippen molar-refractivity contribution in [3.63, 3.8) is 0 Å². The Morgan fingerprint density at radius 1 is 0.926 bits per heavy atom. The van der Waals surface area contributed by atoms with Crippen LogP contribution in [-0.4, -0.2) is 15.0 Å². The van der Waals surface area contributed by atoms with E-state index in [9.17, 15) is 4.39 Å². The SMILES string of the molecule is Fc1ccccc1-c1nc(-c2cnc3ccccc3c2)c(-c2cccs2)[nH]1. The molecule has 5 heteroatoms. The van der Waals surface area contributed by atoms with Gasteiger partial charge in [0.2, 0.25) is 0 Å². The number of halogens is 1. The number of hydrogen-bond donors (Lipinski definition) is 1. The van der Waals surface area contributed by atoms with Crippen LogP contribution in [0.2, 0.25) is 0 Å². The van der Waals surface area contributed by atoms with Crippen molar-refractivity contribution in [2.24, 2.45) is 0 Å². The van der Waals surface area contributed by atoms with Crippen LogP contribution in [0, 0.1) is 5.82 Å². The van der Waals surface area contributed by atoms with Gasteiger partial charge in [-0.25, -0.2) is 9.37 Å². The molecule has 2 aromatic carbocycles. The summed E-state index contributed by atoms with van der Waals surface area (Å²) in [6.45, 7) is 0. The predicted molar refractivity (Wildman–Crippen MR) is 108 cm³/mol. The smallest absolute Gasteiger partial charge is 0.141 e. The summed E-state index contributed by atoms with van der Waals surface area (Å²) in [7, 11) is 0. The zero-order chi connectivity index (χ0) is 18.2. The quantitative estimate of drug-likeness (QED) is 0.413. The number of nitrogens with one attached hydrogen (secondary N) is 1. The number of fused-ring (bicyclic) bond motifs is 1. The highest BCUT2D eigenvalue weighted by Gasteiger charge is 2.18. The normalized spacial score (nSPS) is 11.1. The molecular weight excluding hydrogens is 357 g/mol. The number of aromatic nitrogens is 3. The Labute approximate surface area is 159 Å². The number of para-hydroxylation sites is 1. The Bertz CT molecular complexity index is 1240. The molecule has 130 valence electrons. The second kappa shape index (κ2) is 6.45. The van der Waals surface area contributed by atoms with Crippen molar-refractivity contribution in [1.82, 2.24) is 15.0 Å². The van der Waals surface area contributed by atoms with Gasteiger partial charge in [0.25, 0.3) is 0 Å². The van der Waals surface area contributed by atoms with Gasteiger partial charge in [0.1, 0.15) is 11.6 Å². The third-order valence-corrected chi connectivity index (χ3v) is 5.35. The molecule has 3 nitrogen and oxygen atoms in total. The van der Waals surface area contributed by atoms with E-state index in [1.54, 1.807) is 23.5 Å². The molecule has 0 aliphatic heterocycles. The van der Waals surface area contributed by atoms with E-state index < -0.39 is 0 Å². The Morgan fingerprint density at radius 2 is 1.78 bits per heavy atom. The van der Waals surface area contributed by atoms with Gasteiger partial charge in [-0.2, -0.15) is 0 Å². The molecule has 0 aliphatic rings. The summed E-state index contributed by atoms with van der Waals surface area (Å²) in [4.78, 5) is 13.7. The minimum Gasteiger partial charge on any atom is -0.337 e. The number of imidazole rings is 1. The average Bonchev–Trinajstić information content (AvgIpc) is 3.38. The molecule has 0 bridgehead atoms. The number of hydrogen-bond acceptors (Lipinski definition) is 3. The molecule has 3 heterocycles. The van der Waals surface area contributed by atoms with E-state index in [1.165, 1.54) is 6.07 Å². The van der Waals surface area contributed by atoms with Gasteiger partial charge in [0, 0.05) is 17.1 Å². The first kappa shape index (κ1) is 15.9. The lowest BCUT2D eigenvalue weighted by atomic mass is 10.1. The van der Waals surface area contributed by atoms with E-state index in [2.05, 4.69) is 16.0 Å². The van der Waals surface area contributed by atoms with Gasteiger partial charge >= 0.3 is 0 Å². The molecule has 1 N–H and O–H groups in total. The van der Waals surface area contributed by atoms with Crippen LogP contribution in [0.1, 0.15) is 0 Å². The summed E-state index contributed by atoms with van der Waals surface area (Å²) >= 11 is 1.62. The Balaban J connectivity index is 1.73. The largest absolute Gasteiger partial charge is 0.337 e. The minimum absolute atomic E-state index is 0.299. The number of nitrogens with zero attached hydrogens (tertiary/aromatic N) is 2. The Morgan fingerprint density at radius 3 is 2.63 bits per heavy atom. The molecule has 0 amide bonds. The highest BCUT2D eigenvalue weighted by molar-refractivity contribution is 7.13. The molecule has 0 fully saturated rings. The fraction of sp³-hybridized carbons (Fsp3) is 0. The van der Waals surface area contributed by atoms with Crippen molar-refractivity contribution >= 4 is 22.2 Å². The van der Waals surface area contributed by atoms with Gasteiger partial charge < -0.3 is 4.98 Å². The third-order valence-electron chi connectivity index (χ3n) is 4.46. The first-order valence-electron chi connectivity index (χ1n) is 8.53. The van der Waals surface area contributed by atoms with Crippen molar-refractivity contribution in [2.75, 3.05) is 0 Å². The van der Waals surface area contributed by atoms with Crippen LogP contribution in [0.15, 0.2) is 78.3 Å². The third kappa shape index (κ3) is 2.82. The first-order valence-corrected chi connectivity index (χ1v) is 9.41. The van der Waals surface area contributed by atoms with Crippen LogP contribution in [0.4, 0.5) is 4.39 Å². The highest BCUT2D eigenvalue weighted by Crippen LogP contribution is 2.36. The molecule has 27 heavy (non-hydrogen) atoms. The summed E-state index contributed by atoms with van der Waals surface area (Å²) in [5.74, 6) is 0.215. The minimum atomic E-state index is -0.299. The first-order chi connectivity index (χ1) is 13.3. The maximum atomic E-state index is 14.3. The maximum absolute atomic E-state index is 14.3. The van der Waals surface area contributed by atoms with Crippen molar-refractivity contribution in [3.8, 4) is 33.2 Å². The van der Waals surface area contributed by atoms with Gasteiger partial charge in [-0.1, -0.05) is 36.4 Å². The summed E-state index contributed by atoms with van der Waals surface area (Å²) < 4.78 is 14.3. The zero-order valence-electron chi connectivity index (χ0n) is 14.2. The van der Waals surface area contributed by atoms with Crippen LogP contribution in [0.5, 0.6) is 0 Å². The Hall–Kier alpha value is -3.31. The van der Waals surface area contributed by atoms with Crippen molar-refractivity contribution in [3.05, 3.63) is 84.1 Å². The predicted octanol–water partition coefficient (Wildman–Crippen LogP) is 6.16. The number of aromatic amines is 1. The van der Waals surface area contributed by atoms with Crippen LogP contribution in [0.3, 0.4) is 0 Å². The molecule has 0 saturated carbocycles. The van der Waals surface area contributed by atoms with Crippen LogP contribution < -0.4 is 0 Å². The molecule has 0 radical (unpaired) electrons. The lowest BCUT2D eigenvalue weighted by Crippen LogP contribution is -1.86. The maximum Gasteiger partial charge on any atom is 0.141 e. The Kier molecular flexibility index (Phi) is 3.80. The van der Waals surface area contributed by atoms with Crippen LogP contribution in [-0.2, 0) is 0 Å². The summed E-state index contributed by atoms with van der Waals surface area (Å²) in [5, 5.41) is 3.06. The lowest BCUT2D eigenvalue weighted by Gasteiger charge is -2.03. The highest BCUT2D eigenvalue weighted by atomic mass is 32.1. The van der Waals surface area contributed by atoms with Crippen LogP contribution >= 0.6 is 11.3 Å². The van der Waals surface area contributed by atoms with Crippen molar-refractivity contribution in [1.29, 1.82) is 0 Å². The lowest BCUT2D eigenvalue weighted by molar-refractivity contribution is 0.630. The molecule has 0 aliphatic carbocycles. The zero-order valence-corrected chi connectivity index (χ0v) is 15.0. The molecule has 3 aromatic heterocycles. The van der Waals surface area contributed by atoms with Crippen molar-refractivity contribution < 1.29 is 4.39 Å². The molecule has 0 atom stereocenters. The number of pyridine rings is 1. The fourth-order valence-corrected chi connectivity index (χ4v) is 3.89. The topological polar surface area (TPSA) is 41.6 Å². The van der Waals surface area contributed by atoms with E-state index in [0.717, 1.165) is 32.7 Å². The van der Waals surface area contributed by atoms with Crippen molar-refractivity contribution in [2.45, 2.75) is 0 Å². The standard InChI is InChI=1S/C22H14FN3S/c23-17-8-3-2-7-16(17)22-25-20(21(26-22)19-10-5-11-27-19)15-12-14-6-1-4-9-18(14)24-13-15/h1-13H,(H,25,26). The monoisotopic (exact) mass is 371 g/mol. The van der Waals surface area contributed by atoms with E-state index in [1.807, 2.05) is 54.0 Å². The van der Waals surface area contributed by atoms with Gasteiger partial charge in [-0.15, -0.1) is 11.3 Å². The van der Waals surface area contributed by atoms with E-state index in [-0.39, 0.29) is 5.82 Å². The molecule has 0 unspecified atom stereocenters. The number of H-pyrrole nitrogens is 1. The van der Waals surface area contributed by atoms with Gasteiger partial charge in [-0.3, -0.25) is 4.98 Å². The van der Waals surface area contributed by atoms with Gasteiger partial charge in [-0.05, 0) is 35.7 Å². The molecule has 5 aromatic rings. The van der Waals surface area contributed by atoms with Gasteiger partial charge in [0.05, 0.1) is 27.3 Å². The number of thiophene rings is 1. The molecular formula is C22H14FN3S. The second-order valence-electron chi connectivity index (χ2n) is 6.18. The summed E-state index contributed by atoms with van der Waals surface area (Å²) in [6, 6.07) is 20.7. The summed E-state index contributed by atoms with van der Waals surface area (Å²) in [6.07, 6.45) is 1.82. The average molecular weight is 371 g/mol. The summed E-state index contributed by atoms with van der Waals surface area (Å²) in [5.41, 5.74) is 3.93. The number of benzene rings is 2. The molecule has 0 spiro atoms. The second-order valence-corrected chi connectivity index (χ2v) is 7.13. The molecule has 5 rings (SSSR count). The van der Waals surface area contributed by atoms with E-state index in [4.69, 9.17) is 4.98 Å². The van der Waals surface area contributed by atoms with E-state index in [0.29, 0.717) is 11.4 Å². The molecule has 0 saturated heterocycles. The number of rotatable bonds is 3. The van der Waals surface area contributed by atoms with Crippen LogP contribution in [0.25, 0.3) is 44.1 Å².